The molecule has 5 heteroatoms. The highest BCUT2D eigenvalue weighted by Gasteiger charge is 2.14. The van der Waals surface area contributed by atoms with E-state index in [0.717, 1.165) is 29.7 Å². The summed E-state index contributed by atoms with van der Waals surface area (Å²) in [5, 5.41) is 6.80. The van der Waals surface area contributed by atoms with Crippen molar-refractivity contribution in [2.45, 2.75) is 26.7 Å². The van der Waals surface area contributed by atoms with Gasteiger partial charge in [0, 0.05) is 23.4 Å². The summed E-state index contributed by atoms with van der Waals surface area (Å²) >= 11 is 0. The largest absolute Gasteiger partial charge is 0.494 e. The number of ether oxygens (including phenoxy) is 1. The van der Waals surface area contributed by atoms with Gasteiger partial charge in [-0.15, -0.1) is 0 Å². The van der Waals surface area contributed by atoms with Crippen molar-refractivity contribution in [3.63, 3.8) is 0 Å². The minimum Gasteiger partial charge on any atom is -0.494 e. The van der Waals surface area contributed by atoms with Crippen LogP contribution in [0.2, 0.25) is 0 Å². The molecule has 0 unspecified atom stereocenters. The van der Waals surface area contributed by atoms with Crippen LogP contribution >= 0.6 is 0 Å². The number of rotatable bonds is 7. The molecular weight excluding hydrogens is 328 g/mol. The van der Waals surface area contributed by atoms with E-state index in [4.69, 9.17) is 9.26 Å². The van der Waals surface area contributed by atoms with Crippen LogP contribution in [0.3, 0.4) is 0 Å². The lowest BCUT2D eigenvalue weighted by molar-refractivity contribution is 0.0988. The van der Waals surface area contributed by atoms with Crippen molar-refractivity contribution < 1.29 is 14.1 Å². The molecule has 1 amide bonds. The van der Waals surface area contributed by atoms with E-state index in [0.29, 0.717) is 18.0 Å². The second-order valence-corrected chi connectivity index (χ2v) is 6.13. The predicted molar refractivity (Wildman–Crippen MR) is 101 cm³/mol. The Morgan fingerprint density at radius 3 is 2.73 bits per heavy atom. The monoisotopic (exact) mass is 350 g/mol. The molecular formula is C21H22N2O3. The molecule has 0 fully saturated rings. The van der Waals surface area contributed by atoms with Crippen molar-refractivity contribution >= 4 is 11.6 Å². The Balaban J connectivity index is 1.67. The normalized spacial score (nSPS) is 10.5. The van der Waals surface area contributed by atoms with Crippen molar-refractivity contribution in [1.29, 1.82) is 0 Å². The van der Waals surface area contributed by atoms with Gasteiger partial charge in [0.25, 0.3) is 5.91 Å². The van der Waals surface area contributed by atoms with Crippen LogP contribution in [0.1, 0.15) is 35.9 Å². The molecule has 1 heterocycles. The van der Waals surface area contributed by atoms with Crippen LogP contribution in [0.25, 0.3) is 11.3 Å². The lowest BCUT2D eigenvalue weighted by Crippen LogP contribution is -2.11. The highest BCUT2D eigenvalue weighted by molar-refractivity contribution is 6.02. The number of anilines is 1. The van der Waals surface area contributed by atoms with E-state index in [2.05, 4.69) is 17.4 Å². The van der Waals surface area contributed by atoms with Crippen molar-refractivity contribution in [1.82, 2.24) is 5.16 Å². The van der Waals surface area contributed by atoms with Gasteiger partial charge in [-0.25, -0.2) is 0 Å². The maximum absolute atomic E-state index is 12.4. The van der Waals surface area contributed by atoms with Crippen LogP contribution in [0.5, 0.6) is 5.75 Å². The van der Waals surface area contributed by atoms with Crippen LogP contribution in [0, 0.1) is 6.92 Å². The standard InChI is InChI=1S/C21H22N2O3/c1-3-4-12-25-18-7-5-6-17(13-18)22-21(24)20-14-19(23-26-20)16-10-8-15(2)9-11-16/h5-11,13-14H,3-4,12H2,1-2H3,(H,22,24). The fraction of sp³-hybridized carbons (Fsp3) is 0.238. The van der Waals surface area contributed by atoms with Gasteiger partial charge in [0.15, 0.2) is 0 Å². The van der Waals surface area contributed by atoms with E-state index >= 15 is 0 Å². The molecule has 134 valence electrons. The molecule has 0 atom stereocenters. The van der Waals surface area contributed by atoms with Gasteiger partial charge in [-0.2, -0.15) is 0 Å². The fourth-order valence-corrected chi connectivity index (χ4v) is 2.43. The van der Waals surface area contributed by atoms with E-state index in [-0.39, 0.29) is 11.7 Å². The number of nitrogens with one attached hydrogen (secondary N) is 1. The summed E-state index contributed by atoms with van der Waals surface area (Å²) in [7, 11) is 0. The van der Waals surface area contributed by atoms with Gasteiger partial charge in [0.1, 0.15) is 11.4 Å². The van der Waals surface area contributed by atoms with Gasteiger partial charge in [-0.1, -0.05) is 54.4 Å². The smallest absolute Gasteiger partial charge is 0.294 e. The van der Waals surface area contributed by atoms with Crippen molar-refractivity contribution in [2.24, 2.45) is 0 Å². The SMILES string of the molecule is CCCCOc1cccc(NC(=O)c2cc(-c3ccc(C)cc3)no2)c1. The van der Waals surface area contributed by atoms with Crippen LogP contribution in [-0.2, 0) is 0 Å². The van der Waals surface area contributed by atoms with Crippen LogP contribution in [0.15, 0.2) is 59.1 Å². The Morgan fingerprint density at radius 2 is 1.96 bits per heavy atom. The lowest BCUT2D eigenvalue weighted by atomic mass is 10.1. The molecule has 5 nitrogen and oxygen atoms in total. The molecule has 3 rings (SSSR count). The third kappa shape index (κ3) is 4.51. The maximum atomic E-state index is 12.4. The number of nitrogens with zero attached hydrogens (tertiary/aromatic N) is 1. The summed E-state index contributed by atoms with van der Waals surface area (Å²) in [6, 6.07) is 16.8. The van der Waals surface area contributed by atoms with E-state index in [1.54, 1.807) is 12.1 Å². The first kappa shape index (κ1) is 17.7. The van der Waals surface area contributed by atoms with Gasteiger partial charge in [-0.05, 0) is 25.5 Å². The number of hydrogen-bond acceptors (Lipinski definition) is 4. The number of amides is 1. The quantitative estimate of drug-likeness (QED) is 0.603. The topological polar surface area (TPSA) is 64.4 Å². The van der Waals surface area contributed by atoms with Crippen LogP contribution in [-0.4, -0.2) is 17.7 Å². The Kier molecular flexibility index (Phi) is 5.69. The van der Waals surface area contributed by atoms with Crippen LogP contribution in [0.4, 0.5) is 5.69 Å². The first-order valence-corrected chi connectivity index (χ1v) is 8.73. The molecule has 0 saturated heterocycles. The van der Waals surface area contributed by atoms with Gasteiger partial charge in [0.2, 0.25) is 5.76 Å². The molecule has 3 aromatic rings. The fourth-order valence-electron chi connectivity index (χ4n) is 2.43. The number of carbonyl (C=O) groups is 1. The van der Waals surface area contributed by atoms with E-state index < -0.39 is 0 Å². The molecule has 0 aliphatic heterocycles. The first-order valence-electron chi connectivity index (χ1n) is 8.73. The number of unbranched alkanes of at least 4 members (excludes halogenated alkanes) is 1. The second kappa shape index (κ2) is 8.34. The number of carbonyl (C=O) groups excluding carboxylic acids is 1. The lowest BCUT2D eigenvalue weighted by Gasteiger charge is -2.07. The molecule has 0 saturated carbocycles. The van der Waals surface area contributed by atoms with Crippen molar-refractivity contribution in [3.8, 4) is 17.0 Å². The third-order valence-corrected chi connectivity index (χ3v) is 3.94. The Morgan fingerprint density at radius 1 is 1.15 bits per heavy atom. The van der Waals surface area contributed by atoms with E-state index in [9.17, 15) is 4.79 Å². The summed E-state index contributed by atoms with van der Waals surface area (Å²) in [6.07, 6.45) is 2.07. The third-order valence-electron chi connectivity index (χ3n) is 3.94. The summed E-state index contributed by atoms with van der Waals surface area (Å²) in [4.78, 5) is 12.4. The predicted octanol–water partition coefficient (Wildman–Crippen LogP) is 5.08. The zero-order valence-electron chi connectivity index (χ0n) is 15.0. The number of aromatic nitrogens is 1. The Hall–Kier alpha value is -3.08. The zero-order chi connectivity index (χ0) is 18.4. The zero-order valence-corrected chi connectivity index (χ0v) is 15.0. The summed E-state index contributed by atoms with van der Waals surface area (Å²) in [6.45, 7) is 4.80. The summed E-state index contributed by atoms with van der Waals surface area (Å²) in [5.41, 5.74) is 3.35. The second-order valence-electron chi connectivity index (χ2n) is 6.13. The Bertz CT molecular complexity index is 869. The first-order chi connectivity index (χ1) is 12.7. The molecule has 0 aliphatic carbocycles. The average Bonchev–Trinajstić information content (AvgIpc) is 3.13. The van der Waals surface area contributed by atoms with Crippen LogP contribution < -0.4 is 10.1 Å². The number of benzene rings is 2. The van der Waals surface area contributed by atoms with Gasteiger partial charge < -0.3 is 14.6 Å². The molecule has 1 aromatic heterocycles. The molecule has 26 heavy (non-hydrogen) atoms. The van der Waals surface area contributed by atoms with E-state index in [1.165, 1.54) is 0 Å². The van der Waals surface area contributed by atoms with Crippen molar-refractivity contribution in [3.05, 3.63) is 65.9 Å². The molecule has 0 bridgehead atoms. The minimum absolute atomic E-state index is 0.165. The maximum Gasteiger partial charge on any atom is 0.294 e. The van der Waals surface area contributed by atoms with Gasteiger partial charge in [0.05, 0.1) is 6.61 Å². The highest BCUT2D eigenvalue weighted by Crippen LogP contribution is 2.22. The molecule has 1 N–H and O–H groups in total. The van der Waals surface area contributed by atoms with Gasteiger partial charge in [-0.3, -0.25) is 4.79 Å². The summed E-state index contributed by atoms with van der Waals surface area (Å²) in [5.74, 6) is 0.550. The highest BCUT2D eigenvalue weighted by atomic mass is 16.5. The number of hydrogen-bond donors (Lipinski definition) is 1. The molecule has 0 spiro atoms. The van der Waals surface area contributed by atoms with Gasteiger partial charge >= 0.3 is 0 Å². The molecule has 0 aliphatic rings. The Labute approximate surface area is 153 Å². The van der Waals surface area contributed by atoms with E-state index in [1.807, 2.05) is 49.4 Å². The molecule has 0 radical (unpaired) electrons. The minimum atomic E-state index is -0.346. The summed E-state index contributed by atoms with van der Waals surface area (Å²) < 4.78 is 10.9. The van der Waals surface area contributed by atoms with Crippen molar-refractivity contribution in [2.75, 3.05) is 11.9 Å². The number of aryl methyl sites for hydroxylation is 1. The molecule has 2 aromatic carbocycles. The average molecular weight is 350 g/mol.